The van der Waals surface area contributed by atoms with E-state index in [1.165, 1.54) is 19.3 Å². The van der Waals surface area contributed by atoms with Crippen LogP contribution in [0.5, 0.6) is 0 Å². The molecule has 0 aliphatic carbocycles. The molecule has 17 heavy (non-hydrogen) atoms. The maximum Gasteiger partial charge on any atom is 0.0642 e. The van der Waals surface area contributed by atoms with Gasteiger partial charge in [-0.3, -0.25) is 0 Å². The number of rotatable bonds is 3. The summed E-state index contributed by atoms with van der Waals surface area (Å²) in [6.45, 7) is 4.53. The molecule has 0 radical (unpaired) electrons. The van der Waals surface area contributed by atoms with Crippen LogP contribution in [-0.2, 0) is 5.88 Å². The summed E-state index contributed by atoms with van der Waals surface area (Å²) in [5, 5.41) is 0.829. The van der Waals surface area contributed by atoms with Crippen LogP contribution >= 0.6 is 23.2 Å². The average molecular weight is 272 g/mol. The van der Waals surface area contributed by atoms with Gasteiger partial charge in [-0.15, -0.1) is 11.6 Å². The molecule has 94 valence electrons. The van der Waals surface area contributed by atoms with Crippen molar-refractivity contribution in [2.24, 2.45) is 0 Å². The van der Waals surface area contributed by atoms with Gasteiger partial charge in [-0.1, -0.05) is 24.6 Å². The summed E-state index contributed by atoms with van der Waals surface area (Å²) in [6, 6.07) is 7.39. The second-order valence-electron chi connectivity index (χ2n) is 4.82. The molecule has 0 bridgehead atoms. The van der Waals surface area contributed by atoms with Crippen molar-refractivity contribution < 1.29 is 0 Å². The highest BCUT2D eigenvalue weighted by Gasteiger charge is 2.30. The lowest BCUT2D eigenvalue weighted by molar-refractivity contribution is 0.628. The molecule has 3 heteroatoms. The summed E-state index contributed by atoms with van der Waals surface area (Å²) in [5.74, 6) is 0.521. The van der Waals surface area contributed by atoms with Gasteiger partial charge in [-0.05, 0) is 43.9 Å². The minimum Gasteiger partial charge on any atom is -0.365 e. The van der Waals surface area contributed by atoms with Crippen LogP contribution in [0.15, 0.2) is 18.2 Å². The highest BCUT2D eigenvalue weighted by Crippen LogP contribution is 2.36. The zero-order chi connectivity index (χ0) is 12.4. The van der Waals surface area contributed by atoms with Gasteiger partial charge in [0.2, 0.25) is 0 Å². The lowest BCUT2D eigenvalue weighted by atomic mass is 10.1. The van der Waals surface area contributed by atoms with Gasteiger partial charge in [0.25, 0.3) is 0 Å². The number of halogens is 2. The molecular weight excluding hydrogens is 253 g/mol. The Balaban J connectivity index is 2.32. The van der Waals surface area contributed by atoms with Crippen molar-refractivity contribution in [2.45, 2.75) is 51.1 Å². The zero-order valence-corrected chi connectivity index (χ0v) is 11.9. The SMILES string of the molecule is CCC1CCC(C)N1c1ccc(CCl)cc1Cl. The first-order valence-corrected chi connectivity index (χ1v) is 7.21. The number of hydrogen-bond acceptors (Lipinski definition) is 1. The van der Waals surface area contributed by atoms with Crippen LogP contribution in [0.3, 0.4) is 0 Å². The van der Waals surface area contributed by atoms with Gasteiger partial charge in [0.15, 0.2) is 0 Å². The average Bonchev–Trinajstić information content (AvgIpc) is 2.70. The van der Waals surface area contributed by atoms with E-state index < -0.39 is 0 Å². The Morgan fingerprint density at radius 1 is 1.35 bits per heavy atom. The Labute approximate surface area is 114 Å². The van der Waals surface area contributed by atoms with E-state index in [2.05, 4.69) is 30.9 Å². The van der Waals surface area contributed by atoms with Crippen molar-refractivity contribution in [3.8, 4) is 0 Å². The van der Waals surface area contributed by atoms with E-state index in [4.69, 9.17) is 23.2 Å². The second-order valence-corrected chi connectivity index (χ2v) is 5.49. The molecule has 1 heterocycles. The molecule has 0 aromatic heterocycles. The van der Waals surface area contributed by atoms with Gasteiger partial charge < -0.3 is 4.90 Å². The third-order valence-electron chi connectivity index (χ3n) is 3.70. The Hall–Kier alpha value is -0.400. The van der Waals surface area contributed by atoms with Crippen LogP contribution in [-0.4, -0.2) is 12.1 Å². The number of hydrogen-bond donors (Lipinski definition) is 0. The fourth-order valence-electron chi connectivity index (χ4n) is 2.75. The lowest BCUT2D eigenvalue weighted by Crippen LogP contribution is -2.34. The minimum atomic E-state index is 0.521. The number of nitrogens with zero attached hydrogens (tertiary/aromatic N) is 1. The van der Waals surface area contributed by atoms with Gasteiger partial charge in [0, 0.05) is 18.0 Å². The van der Waals surface area contributed by atoms with E-state index in [0.29, 0.717) is 18.0 Å². The van der Waals surface area contributed by atoms with Crippen molar-refractivity contribution >= 4 is 28.9 Å². The minimum absolute atomic E-state index is 0.521. The fraction of sp³-hybridized carbons (Fsp3) is 0.571. The van der Waals surface area contributed by atoms with E-state index in [9.17, 15) is 0 Å². The van der Waals surface area contributed by atoms with Crippen molar-refractivity contribution in [3.05, 3.63) is 28.8 Å². The van der Waals surface area contributed by atoms with E-state index in [0.717, 1.165) is 16.3 Å². The molecule has 1 aliphatic heterocycles. The standard InChI is InChI=1S/C14H19Cl2N/c1-3-12-6-4-10(2)17(12)14-7-5-11(9-15)8-13(14)16/h5,7-8,10,12H,3-4,6,9H2,1-2H3. The fourth-order valence-corrected chi connectivity index (χ4v) is 3.22. The van der Waals surface area contributed by atoms with Crippen LogP contribution < -0.4 is 4.90 Å². The summed E-state index contributed by atoms with van der Waals surface area (Å²) in [5.41, 5.74) is 2.25. The van der Waals surface area contributed by atoms with Crippen LogP contribution in [0, 0.1) is 0 Å². The highest BCUT2D eigenvalue weighted by molar-refractivity contribution is 6.33. The number of alkyl halides is 1. The Kier molecular flexibility index (Phi) is 4.22. The van der Waals surface area contributed by atoms with Crippen LogP contribution in [0.4, 0.5) is 5.69 Å². The lowest BCUT2D eigenvalue weighted by Gasteiger charge is -2.31. The van der Waals surface area contributed by atoms with Crippen LogP contribution in [0.1, 0.15) is 38.7 Å². The smallest absolute Gasteiger partial charge is 0.0642 e. The molecule has 1 aromatic rings. The topological polar surface area (TPSA) is 3.24 Å². The summed E-state index contributed by atoms with van der Waals surface area (Å²) in [6.07, 6.45) is 3.70. The van der Waals surface area contributed by atoms with Crippen molar-refractivity contribution in [2.75, 3.05) is 4.90 Å². The summed E-state index contributed by atoms with van der Waals surface area (Å²) in [7, 11) is 0. The maximum absolute atomic E-state index is 6.38. The Morgan fingerprint density at radius 2 is 2.12 bits per heavy atom. The molecule has 1 aliphatic rings. The molecule has 1 fully saturated rings. The maximum atomic E-state index is 6.38. The molecule has 1 saturated heterocycles. The summed E-state index contributed by atoms with van der Waals surface area (Å²) >= 11 is 12.2. The van der Waals surface area contributed by atoms with Gasteiger partial charge in [0.05, 0.1) is 10.7 Å². The Morgan fingerprint density at radius 3 is 2.71 bits per heavy atom. The molecule has 0 amide bonds. The first-order valence-electron chi connectivity index (χ1n) is 6.30. The van der Waals surface area contributed by atoms with Gasteiger partial charge in [0.1, 0.15) is 0 Å². The van der Waals surface area contributed by atoms with Crippen LogP contribution in [0.25, 0.3) is 0 Å². The van der Waals surface area contributed by atoms with Gasteiger partial charge in [-0.2, -0.15) is 0 Å². The van der Waals surface area contributed by atoms with E-state index in [1.807, 2.05) is 6.07 Å². The van der Waals surface area contributed by atoms with Crippen molar-refractivity contribution in [1.82, 2.24) is 0 Å². The first-order chi connectivity index (χ1) is 8.17. The monoisotopic (exact) mass is 271 g/mol. The predicted molar refractivity (Wildman–Crippen MR) is 76.3 cm³/mol. The van der Waals surface area contributed by atoms with Crippen LogP contribution in [0.2, 0.25) is 5.02 Å². The zero-order valence-electron chi connectivity index (χ0n) is 10.4. The second kappa shape index (κ2) is 5.49. The summed E-state index contributed by atoms with van der Waals surface area (Å²) in [4.78, 5) is 2.47. The predicted octanol–water partition coefficient (Wildman–Crippen LogP) is 4.85. The highest BCUT2D eigenvalue weighted by atomic mass is 35.5. The normalized spacial score (nSPS) is 24.4. The van der Waals surface area contributed by atoms with E-state index >= 15 is 0 Å². The van der Waals surface area contributed by atoms with Gasteiger partial charge in [-0.25, -0.2) is 0 Å². The summed E-state index contributed by atoms with van der Waals surface area (Å²) < 4.78 is 0. The molecule has 0 spiro atoms. The van der Waals surface area contributed by atoms with Crippen molar-refractivity contribution in [1.29, 1.82) is 0 Å². The molecular formula is C14H19Cl2N. The molecule has 2 atom stereocenters. The third-order valence-corrected chi connectivity index (χ3v) is 4.31. The third kappa shape index (κ3) is 2.56. The Bertz CT molecular complexity index is 392. The van der Waals surface area contributed by atoms with Crippen molar-refractivity contribution in [3.63, 3.8) is 0 Å². The largest absolute Gasteiger partial charge is 0.365 e. The molecule has 0 saturated carbocycles. The van der Waals surface area contributed by atoms with Gasteiger partial charge >= 0.3 is 0 Å². The molecule has 1 aromatic carbocycles. The van der Waals surface area contributed by atoms with E-state index in [-0.39, 0.29) is 0 Å². The molecule has 0 N–H and O–H groups in total. The molecule has 1 nitrogen and oxygen atoms in total. The number of anilines is 1. The molecule has 2 unspecified atom stereocenters. The molecule has 2 rings (SSSR count). The van der Waals surface area contributed by atoms with E-state index in [1.54, 1.807) is 0 Å². The quantitative estimate of drug-likeness (QED) is 0.711. The number of benzene rings is 1. The first kappa shape index (κ1) is 13.0.